The molecule has 2 N–H and O–H groups in total. The van der Waals surface area contributed by atoms with Crippen molar-refractivity contribution in [2.45, 2.75) is 32.2 Å². The van der Waals surface area contributed by atoms with Crippen molar-refractivity contribution in [1.82, 2.24) is 5.32 Å². The maximum Gasteiger partial charge on any atom is 0.244 e. The quantitative estimate of drug-likeness (QED) is 0.776. The minimum atomic E-state index is -0.565. The van der Waals surface area contributed by atoms with Crippen LogP contribution in [-0.2, 0) is 4.79 Å². The number of halogens is 1. The second-order valence-electron chi connectivity index (χ2n) is 4.52. The van der Waals surface area contributed by atoms with Gasteiger partial charge in [0, 0.05) is 6.08 Å². The molecule has 1 rings (SSSR count). The van der Waals surface area contributed by atoms with Crippen molar-refractivity contribution >= 4 is 12.0 Å². The number of hydrogen-bond donors (Lipinski definition) is 2. The van der Waals surface area contributed by atoms with E-state index in [9.17, 15) is 14.3 Å². The van der Waals surface area contributed by atoms with Crippen molar-refractivity contribution < 1.29 is 14.3 Å². The van der Waals surface area contributed by atoms with E-state index >= 15 is 0 Å². The van der Waals surface area contributed by atoms with Crippen molar-refractivity contribution in [2.24, 2.45) is 0 Å². The first-order valence-electron chi connectivity index (χ1n) is 6.42. The Morgan fingerprint density at radius 1 is 1.32 bits per heavy atom. The molecule has 1 amide bonds. The minimum Gasteiger partial charge on any atom is -0.394 e. The summed E-state index contributed by atoms with van der Waals surface area (Å²) in [5, 5.41) is 12.2. The Morgan fingerprint density at radius 3 is 2.37 bits per heavy atom. The highest BCUT2D eigenvalue weighted by atomic mass is 19.1. The summed E-state index contributed by atoms with van der Waals surface area (Å²) in [5.74, 6) is -0.570. The monoisotopic (exact) mass is 265 g/mol. The first-order chi connectivity index (χ1) is 9.05. The first-order valence-corrected chi connectivity index (χ1v) is 6.42. The lowest BCUT2D eigenvalue weighted by atomic mass is 9.94. The van der Waals surface area contributed by atoms with Gasteiger partial charge in [-0.25, -0.2) is 4.39 Å². The average Bonchev–Trinajstić information content (AvgIpc) is 2.44. The Hall–Kier alpha value is -1.68. The molecule has 1 aromatic carbocycles. The zero-order valence-electron chi connectivity index (χ0n) is 11.3. The van der Waals surface area contributed by atoms with Crippen molar-refractivity contribution in [3.63, 3.8) is 0 Å². The van der Waals surface area contributed by atoms with Gasteiger partial charge in [0.1, 0.15) is 5.82 Å². The van der Waals surface area contributed by atoms with Crippen LogP contribution in [0.3, 0.4) is 0 Å². The fraction of sp³-hybridized carbons (Fsp3) is 0.400. The highest BCUT2D eigenvalue weighted by Crippen LogP contribution is 2.14. The van der Waals surface area contributed by atoms with Crippen LogP contribution in [0.2, 0.25) is 0 Å². The summed E-state index contributed by atoms with van der Waals surface area (Å²) in [6.45, 7) is 3.75. The zero-order chi connectivity index (χ0) is 14.3. The third-order valence-corrected chi connectivity index (χ3v) is 3.34. The molecule has 0 aliphatic carbocycles. The molecule has 0 atom stereocenters. The van der Waals surface area contributed by atoms with Crippen LogP contribution in [0.1, 0.15) is 32.3 Å². The Labute approximate surface area is 113 Å². The molecule has 104 valence electrons. The summed E-state index contributed by atoms with van der Waals surface area (Å²) in [4.78, 5) is 11.8. The van der Waals surface area contributed by atoms with Gasteiger partial charge in [-0.1, -0.05) is 26.0 Å². The molecule has 0 aliphatic rings. The van der Waals surface area contributed by atoms with E-state index in [4.69, 9.17) is 0 Å². The van der Waals surface area contributed by atoms with Crippen LogP contribution in [-0.4, -0.2) is 23.2 Å². The molecule has 0 aliphatic heterocycles. The Bertz CT molecular complexity index is 428. The molecule has 0 spiro atoms. The number of carbonyl (C=O) groups is 1. The molecule has 19 heavy (non-hydrogen) atoms. The van der Waals surface area contributed by atoms with Gasteiger partial charge in [0.15, 0.2) is 0 Å². The summed E-state index contributed by atoms with van der Waals surface area (Å²) in [6, 6.07) is 5.87. The van der Waals surface area contributed by atoms with E-state index in [1.165, 1.54) is 18.2 Å². The van der Waals surface area contributed by atoms with Crippen LogP contribution in [0.15, 0.2) is 30.3 Å². The number of hydrogen-bond acceptors (Lipinski definition) is 2. The molecule has 1 aromatic rings. The molecule has 0 saturated carbocycles. The molecule has 0 aromatic heterocycles. The van der Waals surface area contributed by atoms with E-state index in [1.54, 1.807) is 18.2 Å². The molecule has 0 fully saturated rings. The molecular formula is C15H20FNO2. The second kappa shape index (κ2) is 7.04. The first kappa shape index (κ1) is 15.4. The fourth-order valence-corrected chi connectivity index (χ4v) is 1.74. The molecule has 0 radical (unpaired) electrons. The van der Waals surface area contributed by atoms with Crippen LogP contribution >= 0.6 is 0 Å². The normalized spacial score (nSPS) is 11.8. The van der Waals surface area contributed by atoms with E-state index < -0.39 is 5.54 Å². The van der Waals surface area contributed by atoms with Crippen molar-refractivity contribution in [1.29, 1.82) is 0 Å². The number of rotatable bonds is 6. The second-order valence-corrected chi connectivity index (χ2v) is 4.52. The van der Waals surface area contributed by atoms with Crippen LogP contribution < -0.4 is 5.32 Å². The predicted molar refractivity (Wildman–Crippen MR) is 74.0 cm³/mol. The van der Waals surface area contributed by atoms with E-state index in [1.807, 2.05) is 13.8 Å². The van der Waals surface area contributed by atoms with Crippen molar-refractivity contribution in [3.8, 4) is 0 Å². The lowest BCUT2D eigenvalue weighted by molar-refractivity contribution is -0.119. The molecule has 0 heterocycles. The summed E-state index contributed by atoms with van der Waals surface area (Å²) in [6.07, 6.45) is 4.33. The lowest BCUT2D eigenvalue weighted by Crippen LogP contribution is -2.49. The number of aliphatic hydroxyl groups is 1. The fourth-order valence-electron chi connectivity index (χ4n) is 1.74. The van der Waals surface area contributed by atoms with Gasteiger partial charge >= 0.3 is 0 Å². The summed E-state index contributed by atoms with van der Waals surface area (Å²) < 4.78 is 12.7. The van der Waals surface area contributed by atoms with E-state index in [0.717, 1.165) is 5.56 Å². The Kier molecular flexibility index (Phi) is 5.70. The van der Waals surface area contributed by atoms with E-state index in [2.05, 4.69) is 5.32 Å². The third kappa shape index (κ3) is 4.48. The number of amides is 1. The highest BCUT2D eigenvalue weighted by molar-refractivity contribution is 5.92. The smallest absolute Gasteiger partial charge is 0.244 e. The molecule has 0 unspecified atom stereocenters. The SMILES string of the molecule is CCC(CC)(CO)NC(=O)/C=C/c1ccc(F)cc1. The van der Waals surface area contributed by atoms with Gasteiger partial charge in [-0.05, 0) is 36.6 Å². The van der Waals surface area contributed by atoms with Crippen LogP contribution in [0.4, 0.5) is 4.39 Å². The van der Waals surface area contributed by atoms with Crippen molar-refractivity contribution in [3.05, 3.63) is 41.7 Å². The predicted octanol–water partition coefficient (Wildman–Crippen LogP) is 2.51. The van der Waals surface area contributed by atoms with Gasteiger partial charge in [-0.15, -0.1) is 0 Å². The topological polar surface area (TPSA) is 49.3 Å². The molecule has 0 saturated heterocycles. The maximum absolute atomic E-state index is 12.7. The third-order valence-electron chi connectivity index (χ3n) is 3.34. The Balaban J connectivity index is 2.66. The largest absolute Gasteiger partial charge is 0.394 e. The maximum atomic E-state index is 12.7. The van der Waals surface area contributed by atoms with Gasteiger partial charge in [0.25, 0.3) is 0 Å². The van der Waals surface area contributed by atoms with E-state index in [-0.39, 0.29) is 18.3 Å². The standard InChI is InChI=1S/C15H20FNO2/c1-3-15(4-2,11-18)17-14(19)10-7-12-5-8-13(16)9-6-12/h5-10,18H,3-4,11H2,1-2H3,(H,17,19)/b10-7+. The molecule has 3 nitrogen and oxygen atoms in total. The minimum absolute atomic E-state index is 0.0872. The van der Waals surface area contributed by atoms with Gasteiger partial charge in [0.2, 0.25) is 5.91 Å². The molecule has 0 bridgehead atoms. The van der Waals surface area contributed by atoms with Gasteiger partial charge in [-0.2, -0.15) is 0 Å². The summed E-state index contributed by atoms with van der Waals surface area (Å²) >= 11 is 0. The summed E-state index contributed by atoms with van der Waals surface area (Å²) in [5.41, 5.74) is 0.184. The molecule has 4 heteroatoms. The van der Waals surface area contributed by atoms with Crippen LogP contribution in [0.5, 0.6) is 0 Å². The zero-order valence-corrected chi connectivity index (χ0v) is 11.3. The molecular weight excluding hydrogens is 245 g/mol. The number of aliphatic hydroxyl groups excluding tert-OH is 1. The van der Waals surface area contributed by atoms with Gasteiger partial charge in [0.05, 0.1) is 12.1 Å². The van der Waals surface area contributed by atoms with Crippen LogP contribution in [0, 0.1) is 5.82 Å². The van der Waals surface area contributed by atoms with E-state index in [0.29, 0.717) is 12.8 Å². The average molecular weight is 265 g/mol. The number of benzene rings is 1. The highest BCUT2D eigenvalue weighted by Gasteiger charge is 2.26. The number of nitrogens with one attached hydrogen (secondary N) is 1. The Morgan fingerprint density at radius 2 is 1.89 bits per heavy atom. The van der Waals surface area contributed by atoms with Gasteiger partial charge in [-0.3, -0.25) is 4.79 Å². The summed E-state index contributed by atoms with van der Waals surface area (Å²) in [7, 11) is 0. The number of carbonyl (C=O) groups excluding carboxylic acids is 1. The van der Waals surface area contributed by atoms with Crippen molar-refractivity contribution in [2.75, 3.05) is 6.61 Å². The lowest BCUT2D eigenvalue weighted by Gasteiger charge is -2.30. The van der Waals surface area contributed by atoms with Gasteiger partial charge < -0.3 is 10.4 Å². The van der Waals surface area contributed by atoms with Crippen LogP contribution in [0.25, 0.3) is 6.08 Å².